The summed E-state index contributed by atoms with van der Waals surface area (Å²) >= 11 is 0. The van der Waals surface area contributed by atoms with Crippen LogP contribution in [0, 0.1) is 0 Å². The van der Waals surface area contributed by atoms with Crippen LogP contribution in [-0.2, 0) is 6.54 Å². The second-order valence-electron chi connectivity index (χ2n) is 6.35. The summed E-state index contributed by atoms with van der Waals surface area (Å²) in [6.07, 6.45) is 6.11. The van der Waals surface area contributed by atoms with E-state index in [2.05, 4.69) is 35.5 Å². The third kappa shape index (κ3) is 5.05. The normalized spacial score (nSPS) is 16.8. The topological polar surface area (TPSA) is 54.9 Å². The second kappa shape index (κ2) is 9.40. The van der Waals surface area contributed by atoms with Crippen molar-refractivity contribution >= 4 is 5.96 Å². The summed E-state index contributed by atoms with van der Waals surface area (Å²) in [6, 6.07) is 6.43. The molecule has 1 fully saturated rings. The number of hydrogen-bond acceptors (Lipinski definition) is 3. The number of nitrogens with one attached hydrogen (secondary N) is 2. The lowest BCUT2D eigenvalue weighted by molar-refractivity contribution is 0.198. The van der Waals surface area contributed by atoms with Crippen molar-refractivity contribution in [2.45, 2.75) is 64.6 Å². The summed E-state index contributed by atoms with van der Waals surface area (Å²) in [7, 11) is 3.48. The largest absolute Gasteiger partial charge is 0.493 e. The van der Waals surface area contributed by atoms with Crippen molar-refractivity contribution in [2.24, 2.45) is 4.99 Å². The number of para-hydroxylation sites is 1. The smallest absolute Gasteiger partial charge is 0.191 e. The molecule has 0 bridgehead atoms. The predicted octanol–water partition coefficient (Wildman–Crippen LogP) is 3.48. The highest BCUT2D eigenvalue weighted by molar-refractivity contribution is 5.80. The molecule has 0 saturated heterocycles. The fourth-order valence-electron chi connectivity index (χ4n) is 2.88. The Morgan fingerprint density at radius 2 is 2.08 bits per heavy atom. The summed E-state index contributed by atoms with van der Waals surface area (Å²) in [4.78, 5) is 4.29. The quantitative estimate of drug-likeness (QED) is 0.592. The molecule has 1 aliphatic carbocycles. The second-order valence-corrected chi connectivity index (χ2v) is 6.35. The Hall–Kier alpha value is -1.91. The van der Waals surface area contributed by atoms with Crippen LogP contribution in [0.25, 0.3) is 0 Å². The van der Waals surface area contributed by atoms with Crippen molar-refractivity contribution in [1.29, 1.82) is 0 Å². The summed E-state index contributed by atoms with van der Waals surface area (Å²) in [5, 5.41) is 6.75. The molecule has 1 aromatic carbocycles. The molecule has 1 aromatic rings. The lowest BCUT2D eigenvalue weighted by atomic mass is 10.1. The number of aliphatic imine (C=N–C) groups is 1. The molecule has 24 heavy (non-hydrogen) atoms. The maximum absolute atomic E-state index is 6.27. The number of ether oxygens (including phenoxy) is 2. The Balaban J connectivity index is 2.07. The highest BCUT2D eigenvalue weighted by Crippen LogP contribution is 2.34. The summed E-state index contributed by atoms with van der Waals surface area (Å²) in [5.74, 6) is 2.46. The maximum atomic E-state index is 6.27. The van der Waals surface area contributed by atoms with Gasteiger partial charge in [0.1, 0.15) is 0 Å². The molecule has 1 saturated carbocycles. The van der Waals surface area contributed by atoms with Crippen LogP contribution in [-0.4, -0.2) is 32.3 Å². The molecule has 0 amide bonds. The minimum absolute atomic E-state index is 0.303. The van der Waals surface area contributed by atoms with E-state index < -0.39 is 0 Å². The van der Waals surface area contributed by atoms with Crippen molar-refractivity contribution in [3.05, 3.63) is 23.8 Å². The van der Waals surface area contributed by atoms with E-state index in [1.807, 2.05) is 12.1 Å². The van der Waals surface area contributed by atoms with Crippen molar-refractivity contribution < 1.29 is 9.47 Å². The van der Waals surface area contributed by atoms with Crippen LogP contribution in [0.3, 0.4) is 0 Å². The fourth-order valence-corrected chi connectivity index (χ4v) is 2.88. The van der Waals surface area contributed by atoms with Gasteiger partial charge in [-0.05, 0) is 45.1 Å². The van der Waals surface area contributed by atoms with Gasteiger partial charge < -0.3 is 20.1 Å². The van der Waals surface area contributed by atoms with Crippen molar-refractivity contribution in [2.75, 3.05) is 14.2 Å². The molecule has 2 N–H and O–H groups in total. The third-order valence-corrected chi connectivity index (χ3v) is 4.53. The van der Waals surface area contributed by atoms with Gasteiger partial charge in [-0.15, -0.1) is 0 Å². The zero-order valence-electron chi connectivity index (χ0n) is 15.4. The Morgan fingerprint density at radius 3 is 2.71 bits per heavy atom. The van der Waals surface area contributed by atoms with E-state index in [1.165, 1.54) is 12.8 Å². The zero-order chi connectivity index (χ0) is 17.4. The first-order valence-corrected chi connectivity index (χ1v) is 8.97. The number of benzene rings is 1. The molecule has 134 valence electrons. The molecule has 5 heteroatoms. The van der Waals surface area contributed by atoms with Crippen LogP contribution < -0.4 is 20.1 Å². The van der Waals surface area contributed by atoms with E-state index in [4.69, 9.17) is 9.47 Å². The number of guanidine groups is 1. The van der Waals surface area contributed by atoms with Crippen LogP contribution in [0.2, 0.25) is 0 Å². The molecule has 1 unspecified atom stereocenters. The van der Waals surface area contributed by atoms with E-state index >= 15 is 0 Å². The molecule has 0 aromatic heterocycles. The molecule has 1 atom stereocenters. The average Bonchev–Trinajstić information content (AvgIpc) is 3.12. The molecule has 0 heterocycles. The monoisotopic (exact) mass is 333 g/mol. The SMILES string of the molecule is CCC(C)NC(=NC)NCc1cccc(OC)c1OC1CCCC1. The van der Waals surface area contributed by atoms with E-state index in [9.17, 15) is 0 Å². The van der Waals surface area contributed by atoms with E-state index in [-0.39, 0.29) is 0 Å². The third-order valence-electron chi connectivity index (χ3n) is 4.53. The van der Waals surface area contributed by atoms with Gasteiger partial charge in [-0.2, -0.15) is 0 Å². The van der Waals surface area contributed by atoms with E-state index in [0.29, 0.717) is 18.7 Å². The first-order valence-electron chi connectivity index (χ1n) is 8.97. The molecule has 2 rings (SSSR count). The Kier molecular flexibility index (Phi) is 7.22. The summed E-state index contributed by atoms with van der Waals surface area (Å²) < 4.78 is 11.8. The van der Waals surface area contributed by atoms with Crippen LogP contribution in [0.5, 0.6) is 11.5 Å². The molecule has 1 aliphatic rings. The minimum atomic E-state index is 0.303. The predicted molar refractivity (Wildman–Crippen MR) is 99.0 cm³/mol. The van der Waals surface area contributed by atoms with Crippen molar-refractivity contribution in [3.63, 3.8) is 0 Å². The standard InChI is InChI=1S/C19H31N3O2/c1-5-14(2)22-19(20-3)21-13-15-9-8-12-17(23-4)18(15)24-16-10-6-7-11-16/h8-9,12,14,16H,5-7,10-11,13H2,1-4H3,(H2,20,21,22). The molecular weight excluding hydrogens is 302 g/mol. The Labute approximate surface area is 145 Å². The number of methoxy groups -OCH3 is 1. The van der Waals surface area contributed by atoms with Gasteiger partial charge in [0.15, 0.2) is 17.5 Å². The molecule has 0 spiro atoms. The van der Waals surface area contributed by atoms with Crippen LogP contribution in [0.4, 0.5) is 0 Å². The Morgan fingerprint density at radius 1 is 1.33 bits per heavy atom. The highest BCUT2D eigenvalue weighted by atomic mass is 16.5. The van der Waals surface area contributed by atoms with Crippen molar-refractivity contribution in [1.82, 2.24) is 10.6 Å². The zero-order valence-corrected chi connectivity index (χ0v) is 15.4. The van der Waals surface area contributed by atoms with Crippen LogP contribution >= 0.6 is 0 Å². The van der Waals surface area contributed by atoms with Gasteiger partial charge in [0.25, 0.3) is 0 Å². The minimum Gasteiger partial charge on any atom is -0.493 e. The first kappa shape index (κ1) is 18.4. The number of rotatable bonds is 7. The van der Waals surface area contributed by atoms with Gasteiger partial charge in [-0.25, -0.2) is 0 Å². The van der Waals surface area contributed by atoms with Gasteiger partial charge in [0, 0.05) is 25.2 Å². The lowest BCUT2D eigenvalue weighted by Gasteiger charge is -2.21. The first-order chi connectivity index (χ1) is 11.7. The van der Waals surface area contributed by atoms with Crippen LogP contribution in [0.15, 0.2) is 23.2 Å². The van der Waals surface area contributed by atoms with Crippen molar-refractivity contribution in [3.8, 4) is 11.5 Å². The van der Waals surface area contributed by atoms with Gasteiger partial charge in [-0.3, -0.25) is 4.99 Å². The lowest BCUT2D eigenvalue weighted by Crippen LogP contribution is -2.41. The van der Waals surface area contributed by atoms with Gasteiger partial charge in [-0.1, -0.05) is 19.1 Å². The van der Waals surface area contributed by atoms with Gasteiger partial charge in [0.2, 0.25) is 0 Å². The number of nitrogens with zero attached hydrogens (tertiary/aromatic N) is 1. The molecule has 0 radical (unpaired) electrons. The molecule has 5 nitrogen and oxygen atoms in total. The van der Waals surface area contributed by atoms with Gasteiger partial charge >= 0.3 is 0 Å². The highest BCUT2D eigenvalue weighted by Gasteiger charge is 2.20. The van der Waals surface area contributed by atoms with Gasteiger partial charge in [0.05, 0.1) is 13.2 Å². The summed E-state index contributed by atoms with van der Waals surface area (Å²) in [6.45, 7) is 4.95. The van der Waals surface area contributed by atoms with E-state index in [1.54, 1.807) is 14.2 Å². The summed E-state index contributed by atoms with van der Waals surface area (Å²) in [5.41, 5.74) is 1.09. The fraction of sp³-hybridized carbons (Fsp3) is 0.632. The van der Waals surface area contributed by atoms with Crippen LogP contribution in [0.1, 0.15) is 51.5 Å². The Bertz CT molecular complexity index is 539. The molecule has 0 aliphatic heterocycles. The maximum Gasteiger partial charge on any atom is 0.191 e. The van der Waals surface area contributed by atoms with E-state index in [0.717, 1.165) is 42.3 Å². The molecular formula is C19H31N3O2. The average molecular weight is 333 g/mol. The number of hydrogen-bond donors (Lipinski definition) is 2.